The number of fused-ring (bicyclic) bond motifs is 1. The first-order valence-corrected chi connectivity index (χ1v) is 7.68. The normalized spacial score (nSPS) is 19.1. The zero-order valence-corrected chi connectivity index (χ0v) is 13.1. The fourth-order valence-electron chi connectivity index (χ4n) is 3.42. The highest BCUT2D eigenvalue weighted by Gasteiger charge is 2.27. The fourth-order valence-corrected chi connectivity index (χ4v) is 3.42. The quantitative estimate of drug-likeness (QED) is 0.875. The fraction of sp³-hybridized carbons (Fsp3) is 0.588. The molecule has 21 heavy (non-hydrogen) atoms. The zero-order chi connectivity index (χ0) is 15.4. The van der Waals surface area contributed by atoms with Gasteiger partial charge in [0.05, 0.1) is 13.5 Å². The molecule has 1 aliphatic carbocycles. The number of nitrogens with zero attached hydrogens (tertiary/aromatic N) is 1. The molecule has 0 fully saturated rings. The van der Waals surface area contributed by atoms with E-state index in [4.69, 9.17) is 9.84 Å². The first-order chi connectivity index (χ1) is 10.0. The lowest BCUT2D eigenvalue weighted by Gasteiger charge is -2.38. The summed E-state index contributed by atoms with van der Waals surface area (Å²) in [7, 11) is 1.69. The van der Waals surface area contributed by atoms with Crippen molar-refractivity contribution in [2.75, 3.05) is 13.7 Å². The molecule has 0 amide bonds. The smallest absolute Gasteiger partial charge is 0.304 e. The van der Waals surface area contributed by atoms with Gasteiger partial charge in [-0.3, -0.25) is 9.69 Å². The Morgan fingerprint density at radius 2 is 2.24 bits per heavy atom. The lowest BCUT2D eigenvalue weighted by Crippen LogP contribution is -2.45. The molecule has 0 saturated heterocycles. The Morgan fingerprint density at radius 1 is 1.48 bits per heavy atom. The van der Waals surface area contributed by atoms with Crippen LogP contribution in [0.3, 0.4) is 0 Å². The summed E-state index contributed by atoms with van der Waals surface area (Å²) in [5.74, 6) is 0.176. The van der Waals surface area contributed by atoms with Crippen LogP contribution in [0.1, 0.15) is 37.8 Å². The van der Waals surface area contributed by atoms with Gasteiger partial charge >= 0.3 is 5.97 Å². The Kier molecular flexibility index (Phi) is 5.23. The largest absolute Gasteiger partial charge is 0.497 e. The standard InChI is InChI=1S/C17H25NO3/c1-4-18(12(2)9-17(19)20)15-7-5-13-6-8-16(21-3)11-14(13)10-15/h6,8,11-12,15H,4-5,7,9-10H2,1-3H3,(H,19,20). The van der Waals surface area contributed by atoms with E-state index < -0.39 is 5.97 Å². The SMILES string of the molecule is CCN(C(C)CC(=O)O)C1CCc2ccc(OC)cc2C1. The molecule has 4 nitrogen and oxygen atoms in total. The molecule has 2 rings (SSSR count). The number of benzene rings is 1. The van der Waals surface area contributed by atoms with Crippen LogP contribution in [-0.2, 0) is 17.6 Å². The Bertz CT molecular complexity index is 501. The third kappa shape index (κ3) is 3.76. The van der Waals surface area contributed by atoms with Crippen molar-refractivity contribution in [3.05, 3.63) is 29.3 Å². The Balaban J connectivity index is 2.12. The van der Waals surface area contributed by atoms with Crippen LogP contribution < -0.4 is 4.74 Å². The molecular weight excluding hydrogens is 266 g/mol. The molecule has 1 aromatic carbocycles. The summed E-state index contributed by atoms with van der Waals surface area (Å²) in [5.41, 5.74) is 2.74. The number of hydrogen-bond acceptors (Lipinski definition) is 3. The molecule has 1 N–H and O–H groups in total. The molecule has 0 bridgehead atoms. The topological polar surface area (TPSA) is 49.8 Å². The molecule has 116 valence electrons. The summed E-state index contributed by atoms with van der Waals surface area (Å²) in [6.07, 6.45) is 3.33. The lowest BCUT2D eigenvalue weighted by molar-refractivity contribution is -0.138. The van der Waals surface area contributed by atoms with Gasteiger partial charge in [0, 0.05) is 12.1 Å². The van der Waals surface area contributed by atoms with Crippen molar-refractivity contribution in [1.82, 2.24) is 4.90 Å². The number of aryl methyl sites for hydroxylation is 1. The molecule has 2 unspecified atom stereocenters. The summed E-state index contributed by atoms with van der Waals surface area (Å²) >= 11 is 0. The second kappa shape index (κ2) is 6.94. The van der Waals surface area contributed by atoms with Gasteiger partial charge in [-0.05, 0) is 56.0 Å². The van der Waals surface area contributed by atoms with Gasteiger partial charge in [-0.1, -0.05) is 13.0 Å². The molecule has 0 saturated carbocycles. The van der Waals surface area contributed by atoms with Gasteiger partial charge in [0.1, 0.15) is 5.75 Å². The van der Waals surface area contributed by atoms with Gasteiger partial charge in [-0.25, -0.2) is 0 Å². The lowest BCUT2D eigenvalue weighted by atomic mass is 9.86. The number of carboxylic acid groups (broad SMARTS) is 1. The summed E-state index contributed by atoms with van der Waals surface area (Å²) in [4.78, 5) is 13.3. The molecule has 4 heteroatoms. The van der Waals surface area contributed by atoms with Crippen LogP contribution in [0.4, 0.5) is 0 Å². The highest BCUT2D eigenvalue weighted by molar-refractivity contribution is 5.67. The van der Waals surface area contributed by atoms with Crippen LogP contribution in [0.2, 0.25) is 0 Å². The number of hydrogen-bond donors (Lipinski definition) is 1. The minimum atomic E-state index is -0.723. The van der Waals surface area contributed by atoms with Crippen LogP contribution in [0, 0.1) is 0 Å². The van der Waals surface area contributed by atoms with Crippen LogP contribution >= 0.6 is 0 Å². The molecule has 0 radical (unpaired) electrons. The Morgan fingerprint density at radius 3 is 2.86 bits per heavy atom. The number of ether oxygens (including phenoxy) is 1. The van der Waals surface area contributed by atoms with E-state index in [0.29, 0.717) is 6.04 Å². The predicted octanol–water partition coefficient (Wildman–Crippen LogP) is 2.74. The second-order valence-electron chi connectivity index (χ2n) is 5.81. The molecule has 0 aliphatic heterocycles. The number of carboxylic acids is 1. The maximum Gasteiger partial charge on any atom is 0.304 e. The van der Waals surface area contributed by atoms with E-state index >= 15 is 0 Å². The number of likely N-dealkylation sites (N-methyl/N-ethyl adjacent to an activating group) is 1. The van der Waals surface area contributed by atoms with E-state index in [1.807, 2.05) is 13.0 Å². The molecule has 0 aromatic heterocycles. The van der Waals surface area contributed by atoms with Crippen molar-refractivity contribution in [2.24, 2.45) is 0 Å². The second-order valence-corrected chi connectivity index (χ2v) is 5.81. The summed E-state index contributed by atoms with van der Waals surface area (Å²) < 4.78 is 5.31. The van der Waals surface area contributed by atoms with E-state index in [2.05, 4.69) is 24.0 Å². The van der Waals surface area contributed by atoms with Crippen molar-refractivity contribution < 1.29 is 14.6 Å². The van der Waals surface area contributed by atoms with E-state index in [1.54, 1.807) is 7.11 Å². The van der Waals surface area contributed by atoms with Crippen LogP contribution in [0.25, 0.3) is 0 Å². The monoisotopic (exact) mass is 291 g/mol. The molecular formula is C17H25NO3. The van der Waals surface area contributed by atoms with Gasteiger partial charge in [0.2, 0.25) is 0 Å². The third-order valence-electron chi connectivity index (χ3n) is 4.49. The number of aliphatic carboxylic acids is 1. The van der Waals surface area contributed by atoms with Gasteiger partial charge in [-0.2, -0.15) is 0 Å². The first-order valence-electron chi connectivity index (χ1n) is 7.68. The minimum absolute atomic E-state index is 0.0738. The third-order valence-corrected chi connectivity index (χ3v) is 4.49. The number of methoxy groups -OCH3 is 1. The molecule has 1 aromatic rings. The average Bonchev–Trinajstić information content (AvgIpc) is 2.46. The number of carbonyl (C=O) groups is 1. The highest BCUT2D eigenvalue weighted by Crippen LogP contribution is 2.29. The van der Waals surface area contributed by atoms with Crippen molar-refractivity contribution in [1.29, 1.82) is 0 Å². The van der Waals surface area contributed by atoms with Crippen molar-refractivity contribution in [2.45, 2.75) is 51.6 Å². The molecule has 1 aliphatic rings. The van der Waals surface area contributed by atoms with Gasteiger partial charge in [0.15, 0.2) is 0 Å². The zero-order valence-electron chi connectivity index (χ0n) is 13.1. The van der Waals surface area contributed by atoms with Crippen LogP contribution in [0.5, 0.6) is 5.75 Å². The summed E-state index contributed by atoms with van der Waals surface area (Å²) in [6, 6.07) is 6.79. The minimum Gasteiger partial charge on any atom is -0.497 e. The van der Waals surface area contributed by atoms with Crippen molar-refractivity contribution >= 4 is 5.97 Å². The summed E-state index contributed by atoms with van der Waals surface area (Å²) in [6.45, 7) is 5.01. The van der Waals surface area contributed by atoms with E-state index in [1.165, 1.54) is 11.1 Å². The van der Waals surface area contributed by atoms with Gasteiger partial charge < -0.3 is 9.84 Å². The predicted molar refractivity (Wildman–Crippen MR) is 82.9 cm³/mol. The van der Waals surface area contributed by atoms with Gasteiger partial charge in [-0.15, -0.1) is 0 Å². The van der Waals surface area contributed by atoms with E-state index in [9.17, 15) is 4.79 Å². The highest BCUT2D eigenvalue weighted by atomic mass is 16.5. The molecule has 0 heterocycles. The van der Waals surface area contributed by atoms with Crippen LogP contribution in [0.15, 0.2) is 18.2 Å². The van der Waals surface area contributed by atoms with Crippen molar-refractivity contribution in [3.63, 3.8) is 0 Å². The maximum atomic E-state index is 11.0. The maximum absolute atomic E-state index is 11.0. The average molecular weight is 291 g/mol. The van der Waals surface area contributed by atoms with E-state index in [-0.39, 0.29) is 12.5 Å². The van der Waals surface area contributed by atoms with Crippen molar-refractivity contribution in [3.8, 4) is 5.75 Å². The first kappa shape index (κ1) is 15.8. The van der Waals surface area contributed by atoms with Crippen LogP contribution in [-0.4, -0.2) is 41.7 Å². The molecule has 2 atom stereocenters. The van der Waals surface area contributed by atoms with E-state index in [0.717, 1.165) is 31.6 Å². The molecule has 0 spiro atoms. The van der Waals surface area contributed by atoms with Gasteiger partial charge in [0.25, 0.3) is 0 Å². The number of rotatable bonds is 6. The Hall–Kier alpha value is -1.55. The summed E-state index contributed by atoms with van der Waals surface area (Å²) in [5, 5.41) is 9.01. The Labute approximate surface area is 126 Å².